The summed E-state index contributed by atoms with van der Waals surface area (Å²) in [5.74, 6) is 2.91. The summed E-state index contributed by atoms with van der Waals surface area (Å²) in [6.45, 7) is 15.8. The molecule has 4 unspecified atom stereocenters. The van der Waals surface area contributed by atoms with Crippen LogP contribution in [-0.2, 0) is 4.79 Å². The van der Waals surface area contributed by atoms with Gasteiger partial charge in [-0.25, -0.2) is 0 Å². The van der Waals surface area contributed by atoms with Gasteiger partial charge in [-0.1, -0.05) is 54.9 Å². The van der Waals surface area contributed by atoms with Gasteiger partial charge in [0.25, 0.3) is 0 Å². The maximum atomic E-state index is 12.5. The Morgan fingerprint density at radius 2 is 1.83 bits per heavy atom. The zero-order valence-corrected chi connectivity index (χ0v) is 13.4. The van der Waals surface area contributed by atoms with Crippen LogP contribution in [0.1, 0.15) is 67.7 Å². The molecule has 0 aromatic carbocycles. The number of rotatable bonds is 3. The van der Waals surface area contributed by atoms with E-state index < -0.39 is 0 Å². The molecule has 0 heterocycles. The predicted octanol–water partition coefficient (Wildman–Crippen LogP) is 4.95. The van der Waals surface area contributed by atoms with Crippen LogP contribution < -0.4 is 0 Å². The molecular formula is C17H32O. The monoisotopic (exact) mass is 252 g/mol. The summed E-state index contributed by atoms with van der Waals surface area (Å²) in [4.78, 5) is 12.5. The van der Waals surface area contributed by atoms with Crippen LogP contribution in [0.2, 0.25) is 0 Å². The average molecular weight is 252 g/mol. The first kappa shape index (κ1) is 15.7. The summed E-state index contributed by atoms with van der Waals surface area (Å²) in [6.07, 6.45) is 3.60. The zero-order valence-electron chi connectivity index (χ0n) is 13.4. The van der Waals surface area contributed by atoms with Crippen molar-refractivity contribution in [2.24, 2.45) is 35.0 Å². The van der Waals surface area contributed by atoms with Gasteiger partial charge in [0.1, 0.15) is 5.78 Å². The molecule has 1 fully saturated rings. The Kier molecular flexibility index (Phi) is 5.03. The lowest BCUT2D eigenvalue weighted by atomic mass is 9.70. The molecule has 0 aromatic heterocycles. The maximum absolute atomic E-state index is 12.5. The molecule has 106 valence electrons. The molecule has 1 saturated carbocycles. The highest BCUT2D eigenvalue weighted by molar-refractivity contribution is 5.83. The Morgan fingerprint density at radius 1 is 1.28 bits per heavy atom. The van der Waals surface area contributed by atoms with Crippen LogP contribution in [0.5, 0.6) is 0 Å². The normalized spacial score (nSPS) is 36.4. The molecule has 0 N–H and O–H groups in total. The summed E-state index contributed by atoms with van der Waals surface area (Å²) >= 11 is 0. The van der Waals surface area contributed by atoms with Gasteiger partial charge in [-0.05, 0) is 36.0 Å². The maximum Gasteiger partial charge on any atom is 0.138 e. The molecule has 4 atom stereocenters. The summed E-state index contributed by atoms with van der Waals surface area (Å²) in [5.41, 5.74) is 0.309. The largest absolute Gasteiger partial charge is 0.299 e. The second kappa shape index (κ2) is 5.75. The van der Waals surface area contributed by atoms with Crippen molar-refractivity contribution in [1.29, 1.82) is 0 Å². The van der Waals surface area contributed by atoms with Gasteiger partial charge < -0.3 is 0 Å². The summed E-state index contributed by atoms with van der Waals surface area (Å²) < 4.78 is 0. The van der Waals surface area contributed by atoms with E-state index in [4.69, 9.17) is 0 Å². The minimum Gasteiger partial charge on any atom is -0.299 e. The van der Waals surface area contributed by atoms with Crippen LogP contribution in [0.4, 0.5) is 0 Å². The minimum absolute atomic E-state index is 0.179. The van der Waals surface area contributed by atoms with Gasteiger partial charge in [0.15, 0.2) is 0 Å². The molecule has 1 aliphatic rings. The lowest BCUT2D eigenvalue weighted by molar-refractivity contribution is -0.128. The van der Waals surface area contributed by atoms with E-state index >= 15 is 0 Å². The highest BCUT2D eigenvalue weighted by atomic mass is 16.1. The van der Waals surface area contributed by atoms with E-state index in [2.05, 4.69) is 48.5 Å². The van der Waals surface area contributed by atoms with E-state index in [0.29, 0.717) is 23.0 Å². The molecule has 1 nitrogen and oxygen atoms in total. The van der Waals surface area contributed by atoms with Gasteiger partial charge in [-0.2, -0.15) is 0 Å². The standard InChI is InChI=1S/C17H32O/c1-8-14-9-12(4)13(5)15(10-17(14,6)7)16(18)11(2)3/h11-15H,8-10H2,1-7H3. The molecule has 0 aliphatic heterocycles. The Labute approximate surface area is 114 Å². The van der Waals surface area contributed by atoms with Crippen molar-refractivity contribution in [2.45, 2.75) is 67.7 Å². The Hall–Kier alpha value is -0.330. The Balaban J connectivity index is 3.01. The van der Waals surface area contributed by atoms with Crippen LogP contribution in [0.25, 0.3) is 0 Å². The van der Waals surface area contributed by atoms with Gasteiger partial charge in [0.2, 0.25) is 0 Å². The van der Waals surface area contributed by atoms with Crippen molar-refractivity contribution in [3.05, 3.63) is 0 Å². The van der Waals surface area contributed by atoms with Crippen molar-refractivity contribution in [3.8, 4) is 0 Å². The van der Waals surface area contributed by atoms with Crippen molar-refractivity contribution in [2.75, 3.05) is 0 Å². The molecule has 0 aromatic rings. The second-order valence-corrected chi connectivity index (χ2v) is 7.53. The third-order valence-corrected chi connectivity index (χ3v) is 5.47. The quantitative estimate of drug-likeness (QED) is 0.650. The zero-order chi connectivity index (χ0) is 14.1. The third kappa shape index (κ3) is 3.16. The summed E-state index contributed by atoms with van der Waals surface area (Å²) in [6, 6.07) is 0. The highest BCUT2D eigenvalue weighted by Crippen LogP contribution is 2.47. The minimum atomic E-state index is 0.179. The van der Waals surface area contributed by atoms with E-state index in [0.717, 1.165) is 12.3 Å². The summed E-state index contributed by atoms with van der Waals surface area (Å²) in [5, 5.41) is 0. The van der Waals surface area contributed by atoms with Crippen molar-refractivity contribution in [1.82, 2.24) is 0 Å². The fourth-order valence-corrected chi connectivity index (χ4v) is 3.81. The van der Waals surface area contributed by atoms with Crippen LogP contribution in [0.3, 0.4) is 0 Å². The van der Waals surface area contributed by atoms with Gasteiger partial charge in [0, 0.05) is 11.8 Å². The number of Topliss-reactive ketones (excluding diaryl/α,β-unsaturated/α-hetero) is 1. The first-order chi connectivity index (χ1) is 8.20. The van der Waals surface area contributed by atoms with Gasteiger partial charge >= 0.3 is 0 Å². The van der Waals surface area contributed by atoms with Crippen LogP contribution >= 0.6 is 0 Å². The molecule has 18 heavy (non-hydrogen) atoms. The van der Waals surface area contributed by atoms with Crippen LogP contribution in [0, 0.1) is 35.0 Å². The SMILES string of the molecule is CCC1CC(C)C(C)C(C(=O)C(C)C)CC1(C)C. The van der Waals surface area contributed by atoms with E-state index in [1.54, 1.807) is 0 Å². The lowest BCUT2D eigenvalue weighted by Crippen LogP contribution is -2.31. The topological polar surface area (TPSA) is 17.1 Å². The Morgan fingerprint density at radius 3 is 2.28 bits per heavy atom. The predicted molar refractivity (Wildman–Crippen MR) is 78.5 cm³/mol. The van der Waals surface area contributed by atoms with E-state index in [9.17, 15) is 4.79 Å². The van der Waals surface area contributed by atoms with Gasteiger partial charge in [-0.3, -0.25) is 4.79 Å². The van der Waals surface area contributed by atoms with Gasteiger partial charge in [0.05, 0.1) is 0 Å². The number of carbonyl (C=O) groups is 1. The fourth-order valence-electron chi connectivity index (χ4n) is 3.81. The third-order valence-electron chi connectivity index (χ3n) is 5.47. The van der Waals surface area contributed by atoms with Crippen molar-refractivity contribution in [3.63, 3.8) is 0 Å². The fraction of sp³-hybridized carbons (Fsp3) is 0.941. The first-order valence-electron chi connectivity index (χ1n) is 7.74. The molecule has 0 spiro atoms. The average Bonchev–Trinajstić information content (AvgIpc) is 2.37. The van der Waals surface area contributed by atoms with Crippen LogP contribution in [-0.4, -0.2) is 5.78 Å². The number of hydrogen-bond donors (Lipinski definition) is 0. The molecule has 0 saturated heterocycles. The molecule has 1 heteroatoms. The molecular weight excluding hydrogens is 220 g/mol. The molecule has 0 amide bonds. The molecule has 0 radical (unpaired) electrons. The van der Waals surface area contributed by atoms with Crippen molar-refractivity contribution < 1.29 is 4.79 Å². The molecule has 1 rings (SSSR count). The number of ketones is 1. The molecule has 1 aliphatic carbocycles. The summed E-state index contributed by atoms with van der Waals surface area (Å²) in [7, 11) is 0. The van der Waals surface area contributed by atoms with E-state index in [1.165, 1.54) is 12.8 Å². The van der Waals surface area contributed by atoms with Crippen molar-refractivity contribution >= 4 is 5.78 Å². The smallest absolute Gasteiger partial charge is 0.138 e. The first-order valence-corrected chi connectivity index (χ1v) is 7.74. The molecule has 0 bridgehead atoms. The number of hydrogen-bond acceptors (Lipinski definition) is 1. The van der Waals surface area contributed by atoms with Gasteiger partial charge in [-0.15, -0.1) is 0 Å². The van der Waals surface area contributed by atoms with E-state index in [1.807, 2.05) is 0 Å². The Bertz CT molecular complexity index is 290. The van der Waals surface area contributed by atoms with E-state index in [-0.39, 0.29) is 11.8 Å². The van der Waals surface area contributed by atoms with Crippen LogP contribution in [0.15, 0.2) is 0 Å². The highest BCUT2D eigenvalue weighted by Gasteiger charge is 2.42. The number of carbonyl (C=O) groups excluding carboxylic acids is 1. The lowest BCUT2D eigenvalue weighted by Gasteiger charge is -2.34. The second-order valence-electron chi connectivity index (χ2n) is 7.53.